The van der Waals surface area contributed by atoms with E-state index in [-0.39, 0.29) is 23.2 Å². The van der Waals surface area contributed by atoms with E-state index < -0.39 is 6.10 Å². The number of Topliss-reactive ketones (excluding diaryl/α,β-unsaturated/α-hetero) is 1. The van der Waals surface area contributed by atoms with E-state index in [0.717, 1.165) is 49.8 Å². The quantitative estimate of drug-likeness (QED) is 0.362. The Bertz CT molecular complexity index is 1200. The fraction of sp³-hybridized carbons (Fsp3) is 0.548. The summed E-state index contributed by atoms with van der Waals surface area (Å²) >= 11 is 0. The van der Waals surface area contributed by atoms with Crippen LogP contribution in [0.4, 0.5) is 4.39 Å². The van der Waals surface area contributed by atoms with Crippen LogP contribution in [0, 0.1) is 23.1 Å². The normalized spacial score (nSPS) is 32.4. The van der Waals surface area contributed by atoms with Crippen LogP contribution < -0.4 is 4.74 Å². The lowest BCUT2D eigenvalue weighted by molar-refractivity contribution is -0.171. The number of hydrogen-bond donors (Lipinski definition) is 0. The van der Waals surface area contributed by atoms with Crippen molar-refractivity contribution in [3.05, 3.63) is 65.0 Å². The third kappa shape index (κ3) is 4.08. The molecule has 2 aromatic carbocycles. The summed E-state index contributed by atoms with van der Waals surface area (Å²) in [5, 5.41) is 0. The summed E-state index contributed by atoms with van der Waals surface area (Å²) in [7, 11) is 1.54. The van der Waals surface area contributed by atoms with E-state index in [9.17, 15) is 14.0 Å². The van der Waals surface area contributed by atoms with Crippen LogP contribution in [0.3, 0.4) is 0 Å². The molecule has 3 fully saturated rings. The first-order chi connectivity index (χ1) is 17.9. The van der Waals surface area contributed by atoms with Crippen molar-refractivity contribution in [3.8, 4) is 5.75 Å². The standard InChI is InChI=1S/C31H36FNO4/c1-31-15-14-24-23-11-9-22(18-20(23)6-10-25(24)26(31)12-13-27(31)34)37-17-3-16-33-28(29(36-2)30(33)35)19-4-7-21(32)8-5-19/h4-5,7-9,11,18,24-26,28-29H,3,6,10,12-17H2,1-2H3/t24-,25-,26+,28+,29-,31+/m1/s1. The van der Waals surface area contributed by atoms with Crippen molar-refractivity contribution in [1.82, 2.24) is 4.90 Å². The maximum Gasteiger partial charge on any atom is 0.254 e. The molecule has 0 N–H and O–H groups in total. The number of aryl methyl sites for hydroxylation is 1. The molecule has 37 heavy (non-hydrogen) atoms. The van der Waals surface area contributed by atoms with E-state index in [0.29, 0.717) is 43.1 Å². The molecule has 3 aliphatic carbocycles. The lowest BCUT2D eigenvalue weighted by Crippen LogP contribution is -2.59. The van der Waals surface area contributed by atoms with Crippen LogP contribution in [-0.4, -0.2) is 43.0 Å². The number of fused-ring (bicyclic) bond motifs is 5. The Kier molecular flexibility index (Phi) is 6.34. The van der Waals surface area contributed by atoms with Gasteiger partial charge < -0.3 is 14.4 Å². The van der Waals surface area contributed by atoms with E-state index in [1.54, 1.807) is 17.0 Å². The van der Waals surface area contributed by atoms with Crippen molar-refractivity contribution in [2.24, 2.45) is 17.3 Å². The fourth-order valence-electron chi connectivity index (χ4n) is 7.86. The van der Waals surface area contributed by atoms with Crippen LogP contribution in [0.2, 0.25) is 0 Å². The summed E-state index contributed by atoms with van der Waals surface area (Å²) < 4.78 is 24.9. The Balaban J connectivity index is 1.06. The molecule has 0 spiro atoms. The van der Waals surface area contributed by atoms with Gasteiger partial charge in [-0.1, -0.05) is 25.1 Å². The van der Waals surface area contributed by atoms with Gasteiger partial charge in [-0.05, 0) is 97.2 Å². The van der Waals surface area contributed by atoms with Crippen LogP contribution in [-0.2, 0) is 20.7 Å². The summed E-state index contributed by atoms with van der Waals surface area (Å²) in [6.07, 6.45) is 6.37. The summed E-state index contributed by atoms with van der Waals surface area (Å²) in [5.41, 5.74) is 3.65. The van der Waals surface area contributed by atoms with Gasteiger partial charge in [0.25, 0.3) is 5.91 Å². The zero-order valence-electron chi connectivity index (χ0n) is 21.8. The topological polar surface area (TPSA) is 55.8 Å². The van der Waals surface area contributed by atoms with E-state index in [1.807, 2.05) is 0 Å². The number of hydrogen-bond acceptors (Lipinski definition) is 4. The van der Waals surface area contributed by atoms with Gasteiger partial charge in [0.2, 0.25) is 0 Å². The molecular weight excluding hydrogens is 469 g/mol. The Morgan fingerprint density at radius 2 is 1.86 bits per heavy atom. The third-order valence-electron chi connectivity index (χ3n) is 9.83. The number of benzene rings is 2. The van der Waals surface area contributed by atoms with Crippen molar-refractivity contribution in [3.63, 3.8) is 0 Å². The van der Waals surface area contributed by atoms with Gasteiger partial charge in [-0.15, -0.1) is 0 Å². The molecular formula is C31H36FNO4. The first-order valence-corrected chi connectivity index (χ1v) is 13.8. The molecule has 6 atom stereocenters. The predicted octanol–water partition coefficient (Wildman–Crippen LogP) is 5.62. The Morgan fingerprint density at radius 3 is 2.65 bits per heavy atom. The lowest BCUT2D eigenvalue weighted by Gasteiger charge is -2.48. The number of carbonyl (C=O) groups is 2. The first kappa shape index (κ1) is 24.6. The van der Waals surface area contributed by atoms with Crippen LogP contribution in [0.5, 0.6) is 5.75 Å². The van der Waals surface area contributed by atoms with E-state index in [4.69, 9.17) is 9.47 Å². The number of nitrogens with zero attached hydrogens (tertiary/aromatic N) is 1. The number of likely N-dealkylation sites (tertiary alicyclic amines) is 1. The van der Waals surface area contributed by atoms with Gasteiger partial charge in [0.05, 0.1) is 12.6 Å². The second-order valence-corrected chi connectivity index (χ2v) is 11.6. The smallest absolute Gasteiger partial charge is 0.254 e. The summed E-state index contributed by atoms with van der Waals surface area (Å²) in [6.45, 7) is 3.31. The molecule has 2 aromatic rings. The van der Waals surface area contributed by atoms with Gasteiger partial charge in [0.1, 0.15) is 17.3 Å². The van der Waals surface area contributed by atoms with E-state index in [2.05, 4.69) is 25.1 Å². The molecule has 4 aliphatic rings. The van der Waals surface area contributed by atoms with Gasteiger partial charge in [-0.2, -0.15) is 0 Å². The fourth-order valence-corrected chi connectivity index (χ4v) is 7.86. The average molecular weight is 506 g/mol. The number of amides is 1. The molecule has 1 saturated heterocycles. The largest absolute Gasteiger partial charge is 0.494 e. The van der Waals surface area contributed by atoms with Gasteiger partial charge in [-0.3, -0.25) is 9.59 Å². The zero-order valence-corrected chi connectivity index (χ0v) is 21.8. The molecule has 0 bridgehead atoms. The highest BCUT2D eigenvalue weighted by atomic mass is 19.1. The van der Waals surface area contributed by atoms with Crippen molar-refractivity contribution in [1.29, 1.82) is 0 Å². The number of methoxy groups -OCH3 is 1. The van der Waals surface area contributed by atoms with Crippen molar-refractivity contribution in [2.45, 2.75) is 69.9 Å². The maximum absolute atomic E-state index is 13.4. The molecule has 5 nitrogen and oxygen atoms in total. The highest BCUT2D eigenvalue weighted by Gasteiger charge is 2.54. The predicted molar refractivity (Wildman–Crippen MR) is 138 cm³/mol. The second-order valence-electron chi connectivity index (χ2n) is 11.6. The minimum absolute atomic E-state index is 0.0345. The summed E-state index contributed by atoms with van der Waals surface area (Å²) in [4.78, 5) is 26.9. The first-order valence-electron chi connectivity index (χ1n) is 13.8. The van der Waals surface area contributed by atoms with Gasteiger partial charge in [-0.25, -0.2) is 4.39 Å². The molecule has 6 heteroatoms. The molecule has 6 rings (SSSR count). The zero-order chi connectivity index (χ0) is 25.7. The number of ketones is 1. The number of β-lactam (4-membered cyclic amide) rings is 1. The molecule has 1 aliphatic heterocycles. The van der Waals surface area contributed by atoms with Gasteiger partial charge in [0.15, 0.2) is 6.10 Å². The number of carbonyl (C=O) groups excluding carboxylic acids is 2. The third-order valence-corrected chi connectivity index (χ3v) is 9.83. The highest BCUT2D eigenvalue weighted by molar-refractivity contribution is 5.89. The van der Waals surface area contributed by atoms with Crippen molar-refractivity contribution < 1.29 is 23.5 Å². The minimum atomic E-state index is -0.518. The Morgan fingerprint density at radius 1 is 1.05 bits per heavy atom. The SMILES string of the molecule is CO[C@H]1C(=O)N(CCCOc2ccc3c(c2)CC[C@@H]2[C@@H]3CC[C@]3(C)C(=O)CC[C@@H]23)[C@H]1c1ccc(F)cc1. The number of rotatable bonds is 7. The average Bonchev–Trinajstić information content (AvgIpc) is 3.21. The molecule has 2 saturated carbocycles. The summed E-state index contributed by atoms with van der Waals surface area (Å²) in [5.74, 6) is 2.79. The second kappa shape index (κ2) is 9.54. The number of halogens is 1. The molecule has 0 aromatic heterocycles. The van der Waals surface area contributed by atoms with Crippen LogP contribution in [0.15, 0.2) is 42.5 Å². The summed E-state index contributed by atoms with van der Waals surface area (Å²) in [6, 6.07) is 12.6. The van der Waals surface area contributed by atoms with Crippen LogP contribution in [0.25, 0.3) is 0 Å². The Hall–Kier alpha value is -2.73. The van der Waals surface area contributed by atoms with Gasteiger partial charge >= 0.3 is 0 Å². The Labute approximate surface area is 218 Å². The van der Waals surface area contributed by atoms with Crippen LogP contribution >= 0.6 is 0 Å². The van der Waals surface area contributed by atoms with Crippen molar-refractivity contribution in [2.75, 3.05) is 20.3 Å². The maximum atomic E-state index is 13.4. The molecule has 0 radical (unpaired) electrons. The monoisotopic (exact) mass is 505 g/mol. The number of ether oxygens (including phenoxy) is 2. The van der Waals surface area contributed by atoms with Crippen LogP contribution in [0.1, 0.15) is 74.1 Å². The highest BCUT2D eigenvalue weighted by Crippen LogP contribution is 2.59. The van der Waals surface area contributed by atoms with Crippen molar-refractivity contribution >= 4 is 11.7 Å². The molecule has 1 amide bonds. The molecule has 1 heterocycles. The van der Waals surface area contributed by atoms with E-state index >= 15 is 0 Å². The van der Waals surface area contributed by atoms with E-state index in [1.165, 1.54) is 30.4 Å². The minimum Gasteiger partial charge on any atom is -0.494 e. The van der Waals surface area contributed by atoms with Gasteiger partial charge in [0, 0.05) is 25.5 Å². The lowest BCUT2D eigenvalue weighted by atomic mass is 9.55. The molecule has 196 valence electrons. The molecule has 0 unspecified atom stereocenters.